The van der Waals surface area contributed by atoms with Crippen molar-refractivity contribution in [3.63, 3.8) is 0 Å². The summed E-state index contributed by atoms with van der Waals surface area (Å²) in [5, 5.41) is 20.8. The van der Waals surface area contributed by atoms with E-state index < -0.39 is 5.91 Å². The topological polar surface area (TPSA) is 122 Å². The average molecular weight is 399 g/mol. The summed E-state index contributed by atoms with van der Waals surface area (Å²) < 4.78 is 7.93. The second-order valence-corrected chi connectivity index (χ2v) is 6.78. The number of carbonyl (C=O) groups is 1. The van der Waals surface area contributed by atoms with Crippen molar-refractivity contribution in [2.45, 2.75) is 26.3 Å². The van der Waals surface area contributed by atoms with Crippen molar-refractivity contribution in [2.24, 2.45) is 0 Å². The number of hydrogen-bond acceptors (Lipinski definition) is 6. The second-order valence-electron chi connectivity index (χ2n) is 6.78. The van der Waals surface area contributed by atoms with Crippen LogP contribution in [0.25, 0.3) is 16.7 Å². The lowest BCUT2D eigenvalue weighted by atomic mass is 10.2. The van der Waals surface area contributed by atoms with E-state index in [1.54, 1.807) is 19.4 Å². The van der Waals surface area contributed by atoms with Crippen LogP contribution in [-0.4, -0.2) is 51.8 Å². The summed E-state index contributed by atoms with van der Waals surface area (Å²) in [5.41, 5.74) is 1.41. The van der Waals surface area contributed by atoms with Crippen LogP contribution in [0.3, 0.4) is 0 Å². The summed E-state index contributed by atoms with van der Waals surface area (Å²) >= 11 is 0. The number of aromatic nitrogens is 3. The van der Waals surface area contributed by atoms with Crippen LogP contribution in [0.4, 0.5) is 0 Å². The lowest BCUT2D eigenvalue weighted by molar-refractivity contribution is 0.0946. The molecule has 0 fully saturated rings. The van der Waals surface area contributed by atoms with Gasteiger partial charge in [0.15, 0.2) is 0 Å². The van der Waals surface area contributed by atoms with Crippen LogP contribution in [-0.2, 0) is 11.3 Å². The molecular weight excluding hydrogens is 374 g/mol. The van der Waals surface area contributed by atoms with Crippen LogP contribution >= 0.6 is 0 Å². The second kappa shape index (κ2) is 8.97. The number of ether oxygens (including phenoxy) is 1. The molecule has 0 bridgehead atoms. The SMILES string of the molecule is COCCCNC(=O)c1cc2c(=O)n3cccc(C)c3nc2n(CCCO)c1=N. The predicted octanol–water partition coefficient (Wildman–Crippen LogP) is 0.586. The fraction of sp³-hybridized carbons (Fsp3) is 0.400. The summed E-state index contributed by atoms with van der Waals surface area (Å²) in [4.78, 5) is 30.4. The molecule has 0 aromatic carbocycles. The Labute approximate surface area is 167 Å². The van der Waals surface area contributed by atoms with Crippen LogP contribution in [0.15, 0.2) is 29.2 Å². The van der Waals surface area contributed by atoms with Crippen molar-refractivity contribution >= 4 is 22.6 Å². The number of nitrogens with one attached hydrogen (secondary N) is 2. The molecule has 0 atom stereocenters. The molecule has 0 aliphatic heterocycles. The van der Waals surface area contributed by atoms with Crippen LogP contribution < -0.4 is 16.4 Å². The molecule has 0 saturated carbocycles. The Balaban J connectivity index is 2.21. The first-order chi connectivity index (χ1) is 14.0. The molecule has 0 spiro atoms. The standard InChI is InChI=1S/C20H25N5O4/c1-13-6-3-8-25-17(13)23-18-15(20(25)28)12-14(16(21)24(18)9-5-10-26)19(27)22-7-4-11-29-2/h3,6,8,12,21,26H,4-5,7,9-11H2,1-2H3,(H,22,27). The number of aliphatic hydroxyl groups excluding tert-OH is 1. The highest BCUT2D eigenvalue weighted by Gasteiger charge is 2.17. The number of pyridine rings is 2. The number of nitrogens with zero attached hydrogens (tertiary/aromatic N) is 3. The molecule has 3 aromatic heterocycles. The highest BCUT2D eigenvalue weighted by atomic mass is 16.5. The molecule has 9 heteroatoms. The molecule has 1 amide bonds. The molecule has 3 heterocycles. The molecule has 0 aliphatic carbocycles. The molecule has 0 radical (unpaired) electrons. The Bertz CT molecular complexity index is 1170. The Morgan fingerprint density at radius 3 is 2.86 bits per heavy atom. The van der Waals surface area contributed by atoms with Crippen molar-refractivity contribution in [1.29, 1.82) is 5.41 Å². The first-order valence-electron chi connectivity index (χ1n) is 9.47. The molecular formula is C20H25N5O4. The zero-order chi connectivity index (χ0) is 21.0. The Kier molecular flexibility index (Phi) is 6.40. The van der Waals surface area contributed by atoms with Crippen LogP contribution in [0.5, 0.6) is 0 Å². The maximum atomic E-state index is 13.1. The third-order valence-corrected chi connectivity index (χ3v) is 4.73. The highest BCUT2D eigenvalue weighted by Crippen LogP contribution is 2.13. The molecule has 0 aliphatic rings. The average Bonchev–Trinajstić information content (AvgIpc) is 2.71. The van der Waals surface area contributed by atoms with Crippen molar-refractivity contribution in [3.05, 3.63) is 51.4 Å². The van der Waals surface area contributed by atoms with Crippen molar-refractivity contribution in [1.82, 2.24) is 19.3 Å². The maximum absolute atomic E-state index is 13.1. The summed E-state index contributed by atoms with van der Waals surface area (Å²) in [5.74, 6) is -0.431. The first kappa shape index (κ1) is 20.7. The summed E-state index contributed by atoms with van der Waals surface area (Å²) in [7, 11) is 1.59. The zero-order valence-electron chi connectivity index (χ0n) is 16.6. The molecule has 3 rings (SSSR count). The van der Waals surface area contributed by atoms with Gasteiger partial charge in [0.25, 0.3) is 11.5 Å². The van der Waals surface area contributed by atoms with Gasteiger partial charge in [-0.05, 0) is 37.5 Å². The molecule has 0 unspecified atom stereocenters. The van der Waals surface area contributed by atoms with E-state index in [-0.39, 0.29) is 35.1 Å². The number of hydrogen-bond donors (Lipinski definition) is 3. The fourth-order valence-corrected chi connectivity index (χ4v) is 3.23. The molecule has 3 N–H and O–H groups in total. The third kappa shape index (κ3) is 4.06. The minimum Gasteiger partial charge on any atom is -0.396 e. The smallest absolute Gasteiger partial charge is 0.267 e. The number of methoxy groups -OCH3 is 1. The van der Waals surface area contributed by atoms with Gasteiger partial charge < -0.3 is 19.7 Å². The van der Waals surface area contributed by atoms with Gasteiger partial charge >= 0.3 is 0 Å². The van der Waals surface area contributed by atoms with Gasteiger partial charge in [0.1, 0.15) is 16.8 Å². The molecule has 3 aromatic rings. The Hall–Kier alpha value is -3.04. The van der Waals surface area contributed by atoms with E-state index in [4.69, 9.17) is 10.1 Å². The molecule has 29 heavy (non-hydrogen) atoms. The van der Waals surface area contributed by atoms with Crippen LogP contribution in [0.2, 0.25) is 0 Å². The predicted molar refractivity (Wildman–Crippen MR) is 108 cm³/mol. The van der Waals surface area contributed by atoms with Gasteiger partial charge in [0.05, 0.1) is 10.9 Å². The number of fused-ring (bicyclic) bond motifs is 2. The lowest BCUT2D eigenvalue weighted by Gasteiger charge is -2.15. The maximum Gasteiger partial charge on any atom is 0.267 e. The zero-order valence-corrected chi connectivity index (χ0v) is 16.6. The van der Waals surface area contributed by atoms with Gasteiger partial charge in [0.2, 0.25) is 0 Å². The monoisotopic (exact) mass is 399 g/mol. The number of carbonyl (C=O) groups excluding carboxylic acids is 1. The van der Waals surface area contributed by atoms with E-state index in [0.29, 0.717) is 37.3 Å². The first-order valence-corrected chi connectivity index (χ1v) is 9.47. The van der Waals surface area contributed by atoms with E-state index >= 15 is 0 Å². The van der Waals surface area contributed by atoms with E-state index in [2.05, 4.69) is 10.3 Å². The molecule has 154 valence electrons. The van der Waals surface area contributed by atoms with Crippen molar-refractivity contribution in [2.75, 3.05) is 26.9 Å². The van der Waals surface area contributed by atoms with Crippen molar-refractivity contribution < 1.29 is 14.6 Å². The van der Waals surface area contributed by atoms with Gasteiger partial charge in [-0.15, -0.1) is 0 Å². The minimum atomic E-state index is -0.431. The number of amides is 1. The largest absolute Gasteiger partial charge is 0.396 e. The number of rotatable bonds is 8. The van der Waals surface area contributed by atoms with Crippen LogP contribution in [0.1, 0.15) is 28.8 Å². The molecule has 0 saturated heterocycles. The van der Waals surface area contributed by atoms with Crippen LogP contribution in [0, 0.1) is 12.3 Å². The van der Waals surface area contributed by atoms with Gasteiger partial charge in [-0.25, -0.2) is 4.98 Å². The quantitative estimate of drug-likeness (QED) is 0.378. The van der Waals surface area contributed by atoms with E-state index in [0.717, 1.165) is 5.56 Å². The third-order valence-electron chi connectivity index (χ3n) is 4.73. The lowest BCUT2D eigenvalue weighted by Crippen LogP contribution is -2.35. The van der Waals surface area contributed by atoms with Gasteiger partial charge in [-0.1, -0.05) is 6.07 Å². The van der Waals surface area contributed by atoms with E-state index in [1.807, 2.05) is 13.0 Å². The number of aliphatic hydroxyl groups is 1. The Morgan fingerprint density at radius 2 is 2.14 bits per heavy atom. The van der Waals surface area contributed by atoms with Gasteiger partial charge in [-0.3, -0.25) is 19.4 Å². The summed E-state index contributed by atoms with van der Waals surface area (Å²) in [6.45, 7) is 2.96. The van der Waals surface area contributed by atoms with Crippen molar-refractivity contribution in [3.8, 4) is 0 Å². The van der Waals surface area contributed by atoms with E-state index in [9.17, 15) is 14.7 Å². The number of aryl methyl sites for hydroxylation is 2. The Morgan fingerprint density at radius 1 is 1.34 bits per heavy atom. The fourth-order valence-electron chi connectivity index (χ4n) is 3.23. The minimum absolute atomic E-state index is 0.0416. The summed E-state index contributed by atoms with van der Waals surface area (Å²) in [6, 6.07) is 5.05. The summed E-state index contributed by atoms with van der Waals surface area (Å²) in [6.07, 6.45) is 2.65. The highest BCUT2D eigenvalue weighted by molar-refractivity contribution is 5.96. The molecule has 9 nitrogen and oxygen atoms in total. The van der Waals surface area contributed by atoms with E-state index in [1.165, 1.54) is 15.0 Å². The normalized spacial score (nSPS) is 11.3. The van der Waals surface area contributed by atoms with Gasteiger partial charge in [-0.2, -0.15) is 0 Å². The van der Waals surface area contributed by atoms with Gasteiger partial charge in [0, 0.05) is 39.6 Å².